The van der Waals surface area contributed by atoms with E-state index in [-0.39, 0.29) is 22.4 Å². The van der Waals surface area contributed by atoms with Crippen LogP contribution in [0.3, 0.4) is 0 Å². The second-order valence-corrected chi connectivity index (χ2v) is 4.75. The predicted molar refractivity (Wildman–Crippen MR) is 67.6 cm³/mol. The minimum Gasteiger partial charge on any atom is -0.340 e. The molecular formula is C13H10BrF2NO. The zero-order valence-corrected chi connectivity index (χ0v) is 11.2. The average Bonchev–Trinajstić information content (AvgIpc) is 2.78. The maximum atomic E-state index is 13.8. The molecule has 0 aliphatic rings. The van der Waals surface area contributed by atoms with Crippen molar-refractivity contribution in [1.82, 2.24) is 4.57 Å². The van der Waals surface area contributed by atoms with Gasteiger partial charge in [0.1, 0.15) is 11.6 Å². The molecule has 0 radical (unpaired) electrons. The van der Waals surface area contributed by atoms with Gasteiger partial charge in [0.05, 0.1) is 16.7 Å². The minimum atomic E-state index is -0.641. The Kier molecular flexibility index (Phi) is 3.61. The largest absolute Gasteiger partial charge is 0.340 e. The number of aromatic nitrogens is 1. The fourth-order valence-corrected chi connectivity index (χ4v) is 2.13. The second-order valence-electron chi connectivity index (χ2n) is 3.90. The lowest BCUT2D eigenvalue weighted by Crippen LogP contribution is -2.09. The molecule has 0 N–H and O–H groups in total. The molecule has 0 saturated carbocycles. The molecule has 0 amide bonds. The summed E-state index contributed by atoms with van der Waals surface area (Å²) in [5.41, 5.74) is 0.358. The van der Waals surface area contributed by atoms with E-state index in [1.807, 2.05) is 0 Å². The van der Waals surface area contributed by atoms with Crippen molar-refractivity contribution >= 4 is 21.7 Å². The molecule has 0 aliphatic carbocycles. The highest BCUT2D eigenvalue weighted by atomic mass is 79.9. The Hall–Kier alpha value is -1.49. The summed E-state index contributed by atoms with van der Waals surface area (Å²) < 4.78 is 29.1. The molecule has 1 aromatic heterocycles. The van der Waals surface area contributed by atoms with Gasteiger partial charge in [0.15, 0.2) is 5.78 Å². The molecule has 2 aromatic rings. The first-order valence-corrected chi connectivity index (χ1v) is 6.08. The lowest BCUT2D eigenvalue weighted by Gasteiger charge is -2.10. The molecule has 0 spiro atoms. The first-order chi connectivity index (χ1) is 8.50. The summed E-state index contributed by atoms with van der Waals surface area (Å²) in [6.07, 6.45) is 1.62. The SMILES string of the molecule is CC(=O)c1cccn1Cc1c(F)ccc(Br)c1F. The van der Waals surface area contributed by atoms with Crippen molar-refractivity contribution in [3.63, 3.8) is 0 Å². The van der Waals surface area contributed by atoms with Gasteiger partial charge in [-0.1, -0.05) is 0 Å². The van der Waals surface area contributed by atoms with Crippen LogP contribution < -0.4 is 0 Å². The molecule has 94 valence electrons. The molecule has 5 heteroatoms. The molecule has 0 aliphatic heterocycles. The fourth-order valence-electron chi connectivity index (χ4n) is 1.76. The van der Waals surface area contributed by atoms with Crippen LogP contribution in [0.5, 0.6) is 0 Å². The Labute approximate surface area is 111 Å². The maximum Gasteiger partial charge on any atom is 0.176 e. The average molecular weight is 314 g/mol. The number of hydrogen-bond donors (Lipinski definition) is 0. The summed E-state index contributed by atoms with van der Waals surface area (Å²) in [6.45, 7) is 1.40. The van der Waals surface area contributed by atoms with Crippen LogP contribution in [0.25, 0.3) is 0 Å². The summed E-state index contributed by atoms with van der Waals surface area (Å²) in [5, 5.41) is 0. The molecule has 2 rings (SSSR count). The number of carbonyl (C=O) groups excluding carboxylic acids is 1. The first kappa shape index (κ1) is 13.0. The normalized spacial score (nSPS) is 10.7. The quantitative estimate of drug-likeness (QED) is 0.624. The van der Waals surface area contributed by atoms with E-state index in [2.05, 4.69) is 15.9 Å². The summed E-state index contributed by atoms with van der Waals surface area (Å²) in [5.74, 6) is -1.41. The summed E-state index contributed by atoms with van der Waals surface area (Å²) >= 11 is 3.01. The van der Waals surface area contributed by atoms with Crippen molar-refractivity contribution in [2.45, 2.75) is 13.5 Å². The highest BCUT2D eigenvalue weighted by molar-refractivity contribution is 9.10. The van der Waals surface area contributed by atoms with Gasteiger partial charge in [-0.25, -0.2) is 8.78 Å². The van der Waals surface area contributed by atoms with E-state index in [0.29, 0.717) is 5.69 Å². The molecule has 0 saturated heterocycles. The van der Waals surface area contributed by atoms with E-state index in [9.17, 15) is 13.6 Å². The monoisotopic (exact) mass is 313 g/mol. The zero-order valence-electron chi connectivity index (χ0n) is 9.58. The Morgan fingerprint density at radius 3 is 2.72 bits per heavy atom. The third kappa shape index (κ3) is 2.36. The van der Waals surface area contributed by atoms with Gasteiger partial charge in [-0.15, -0.1) is 0 Å². The predicted octanol–water partition coefficient (Wildman–Crippen LogP) is 3.78. The summed E-state index contributed by atoms with van der Waals surface area (Å²) in [7, 11) is 0. The van der Waals surface area contributed by atoms with Gasteiger partial charge in [-0.05, 0) is 40.2 Å². The highest BCUT2D eigenvalue weighted by Crippen LogP contribution is 2.23. The lowest BCUT2D eigenvalue weighted by atomic mass is 10.2. The number of rotatable bonds is 3. The van der Waals surface area contributed by atoms with Crippen molar-refractivity contribution < 1.29 is 13.6 Å². The summed E-state index contributed by atoms with van der Waals surface area (Å²) in [6, 6.07) is 5.80. The van der Waals surface area contributed by atoms with Crippen molar-refractivity contribution in [2.24, 2.45) is 0 Å². The van der Waals surface area contributed by atoms with Gasteiger partial charge in [-0.3, -0.25) is 4.79 Å². The number of nitrogens with zero attached hydrogens (tertiary/aromatic N) is 1. The van der Waals surface area contributed by atoms with Crippen LogP contribution in [0.4, 0.5) is 8.78 Å². The highest BCUT2D eigenvalue weighted by Gasteiger charge is 2.14. The number of carbonyl (C=O) groups is 1. The van der Waals surface area contributed by atoms with Crippen molar-refractivity contribution in [2.75, 3.05) is 0 Å². The Balaban J connectivity index is 2.43. The number of benzene rings is 1. The molecule has 0 bridgehead atoms. The van der Waals surface area contributed by atoms with Crippen LogP contribution >= 0.6 is 15.9 Å². The van der Waals surface area contributed by atoms with Crippen LogP contribution in [0.1, 0.15) is 23.0 Å². The van der Waals surface area contributed by atoms with Crippen molar-refractivity contribution in [3.8, 4) is 0 Å². The maximum absolute atomic E-state index is 13.8. The van der Waals surface area contributed by atoms with Crippen molar-refractivity contribution in [3.05, 3.63) is 57.8 Å². The van der Waals surface area contributed by atoms with E-state index in [1.54, 1.807) is 18.3 Å². The lowest BCUT2D eigenvalue weighted by molar-refractivity contribution is 0.100. The smallest absolute Gasteiger partial charge is 0.176 e. The second kappa shape index (κ2) is 5.02. The van der Waals surface area contributed by atoms with E-state index < -0.39 is 11.6 Å². The van der Waals surface area contributed by atoms with Gasteiger partial charge in [-0.2, -0.15) is 0 Å². The molecule has 0 atom stereocenters. The number of halogens is 3. The number of ketones is 1. The molecule has 1 aromatic carbocycles. The van der Waals surface area contributed by atoms with Gasteiger partial charge in [0.2, 0.25) is 0 Å². The zero-order chi connectivity index (χ0) is 13.3. The van der Waals surface area contributed by atoms with E-state index in [4.69, 9.17) is 0 Å². The molecule has 1 heterocycles. The fraction of sp³-hybridized carbons (Fsp3) is 0.154. The van der Waals surface area contributed by atoms with Gasteiger partial charge < -0.3 is 4.57 Å². The molecule has 0 fully saturated rings. The third-order valence-corrected chi connectivity index (χ3v) is 3.27. The number of hydrogen-bond acceptors (Lipinski definition) is 1. The molecule has 0 unspecified atom stereocenters. The van der Waals surface area contributed by atoms with E-state index in [0.717, 1.165) is 0 Å². The van der Waals surface area contributed by atoms with Crippen LogP contribution in [0, 0.1) is 11.6 Å². The minimum absolute atomic E-state index is 0.0149. The number of Topliss-reactive ketones (excluding diaryl/α,β-unsaturated/α-hetero) is 1. The van der Waals surface area contributed by atoms with Gasteiger partial charge in [0, 0.05) is 18.7 Å². The van der Waals surface area contributed by atoms with E-state index >= 15 is 0 Å². The Morgan fingerprint density at radius 2 is 2.06 bits per heavy atom. The molecular weight excluding hydrogens is 304 g/mol. The Bertz CT molecular complexity index is 607. The van der Waals surface area contributed by atoms with Crippen LogP contribution in [0.15, 0.2) is 34.9 Å². The van der Waals surface area contributed by atoms with Crippen LogP contribution in [0.2, 0.25) is 0 Å². The van der Waals surface area contributed by atoms with Gasteiger partial charge >= 0.3 is 0 Å². The standard InChI is InChI=1S/C13H10BrF2NO/c1-8(18)12-3-2-6-17(12)7-9-11(15)5-4-10(14)13(9)16/h2-6H,7H2,1H3. The van der Waals surface area contributed by atoms with Gasteiger partial charge in [0.25, 0.3) is 0 Å². The third-order valence-electron chi connectivity index (χ3n) is 2.66. The first-order valence-electron chi connectivity index (χ1n) is 5.29. The molecule has 2 nitrogen and oxygen atoms in total. The van der Waals surface area contributed by atoms with E-state index in [1.165, 1.54) is 23.6 Å². The van der Waals surface area contributed by atoms with Crippen molar-refractivity contribution in [1.29, 1.82) is 0 Å². The Morgan fingerprint density at radius 1 is 1.33 bits per heavy atom. The molecule has 18 heavy (non-hydrogen) atoms. The topological polar surface area (TPSA) is 22.0 Å². The van der Waals surface area contributed by atoms with Crippen LogP contribution in [-0.4, -0.2) is 10.4 Å². The van der Waals surface area contributed by atoms with Crippen LogP contribution in [-0.2, 0) is 6.54 Å². The summed E-state index contributed by atoms with van der Waals surface area (Å²) in [4.78, 5) is 11.3.